The normalized spacial score (nSPS) is 11.7. The molecule has 0 spiro atoms. The minimum Gasteiger partial charge on any atom is -0.406 e. The molecule has 0 bridgehead atoms. The topological polar surface area (TPSA) is 74.2 Å². The minimum absolute atomic E-state index is 0.229. The molecule has 0 N–H and O–H groups in total. The lowest BCUT2D eigenvalue weighted by Gasteiger charge is -2.08. The molecule has 1 aromatic carbocycles. The highest BCUT2D eigenvalue weighted by Gasteiger charge is 2.31. The summed E-state index contributed by atoms with van der Waals surface area (Å²) in [6.45, 7) is 3.45. The van der Waals surface area contributed by atoms with Crippen LogP contribution in [0.3, 0.4) is 0 Å². The van der Waals surface area contributed by atoms with Gasteiger partial charge in [-0.25, -0.2) is 0 Å². The van der Waals surface area contributed by atoms with E-state index in [9.17, 15) is 13.2 Å². The second-order valence-electron chi connectivity index (χ2n) is 4.69. The Hall–Kier alpha value is -2.84. The van der Waals surface area contributed by atoms with E-state index >= 15 is 0 Å². The van der Waals surface area contributed by atoms with Crippen LogP contribution in [0.2, 0.25) is 0 Å². The lowest BCUT2D eigenvalue weighted by atomic mass is 10.2. The number of halogens is 3. The molecule has 0 amide bonds. The molecule has 0 saturated heterocycles. The van der Waals surface area contributed by atoms with Crippen LogP contribution >= 0.6 is 0 Å². The average molecular weight is 325 g/mol. The zero-order valence-electron chi connectivity index (χ0n) is 12.0. The molecule has 0 unspecified atom stereocenters. The first-order valence-electron chi connectivity index (χ1n) is 6.46. The van der Waals surface area contributed by atoms with Crippen LogP contribution < -0.4 is 4.74 Å². The Morgan fingerprint density at radius 2 is 1.70 bits per heavy atom. The molecule has 23 heavy (non-hydrogen) atoms. The monoisotopic (exact) mass is 325 g/mol. The highest BCUT2D eigenvalue weighted by Crippen LogP contribution is 2.29. The van der Waals surface area contributed by atoms with Gasteiger partial charge in [0.15, 0.2) is 0 Å². The van der Waals surface area contributed by atoms with Gasteiger partial charge in [-0.05, 0) is 38.1 Å². The number of hydrogen-bond donors (Lipinski definition) is 0. The van der Waals surface area contributed by atoms with Crippen molar-refractivity contribution >= 4 is 0 Å². The Bertz CT molecular complexity index is 802. The minimum atomic E-state index is -4.73. The Balaban J connectivity index is 1.86. The van der Waals surface area contributed by atoms with Crippen LogP contribution in [0.25, 0.3) is 22.8 Å². The van der Waals surface area contributed by atoms with E-state index in [0.29, 0.717) is 22.6 Å². The van der Waals surface area contributed by atoms with Gasteiger partial charge in [-0.3, -0.25) is 0 Å². The first-order valence-corrected chi connectivity index (χ1v) is 6.46. The third-order valence-corrected chi connectivity index (χ3v) is 3.02. The van der Waals surface area contributed by atoms with Crippen molar-refractivity contribution in [2.45, 2.75) is 20.2 Å². The first kappa shape index (κ1) is 15.1. The van der Waals surface area contributed by atoms with Crippen molar-refractivity contribution < 1.29 is 27.0 Å². The average Bonchev–Trinajstić information content (AvgIpc) is 3.05. The zero-order chi connectivity index (χ0) is 16.6. The second kappa shape index (κ2) is 5.41. The van der Waals surface area contributed by atoms with Crippen molar-refractivity contribution in [2.75, 3.05) is 0 Å². The summed E-state index contributed by atoms with van der Waals surface area (Å²) in [5, 5.41) is 7.60. The molecule has 0 atom stereocenters. The summed E-state index contributed by atoms with van der Waals surface area (Å²) in [5.74, 6) is 0.674. The summed E-state index contributed by atoms with van der Waals surface area (Å²) in [6.07, 6.45) is -4.73. The first-order chi connectivity index (χ1) is 10.8. The van der Waals surface area contributed by atoms with Gasteiger partial charge in [0.05, 0.1) is 5.69 Å². The summed E-state index contributed by atoms with van der Waals surface area (Å²) in [5.41, 5.74) is 1.69. The fraction of sp³-hybridized carbons (Fsp3) is 0.214. The van der Waals surface area contributed by atoms with Gasteiger partial charge in [-0.2, -0.15) is 4.98 Å². The predicted octanol–water partition coefficient (Wildman–Crippen LogP) is 3.91. The maximum absolute atomic E-state index is 12.1. The van der Waals surface area contributed by atoms with Crippen LogP contribution in [-0.2, 0) is 0 Å². The van der Waals surface area contributed by atoms with E-state index in [1.807, 2.05) is 0 Å². The van der Waals surface area contributed by atoms with Crippen LogP contribution in [0.1, 0.15) is 11.5 Å². The van der Waals surface area contributed by atoms with Gasteiger partial charge in [0, 0.05) is 5.56 Å². The second-order valence-corrected chi connectivity index (χ2v) is 4.69. The number of aromatic nitrogens is 3. The van der Waals surface area contributed by atoms with E-state index in [-0.39, 0.29) is 17.5 Å². The van der Waals surface area contributed by atoms with Crippen molar-refractivity contribution in [2.24, 2.45) is 0 Å². The number of rotatable bonds is 3. The molecular weight excluding hydrogens is 315 g/mol. The van der Waals surface area contributed by atoms with Crippen LogP contribution in [0.4, 0.5) is 13.2 Å². The summed E-state index contributed by atoms with van der Waals surface area (Å²) >= 11 is 0. The fourth-order valence-corrected chi connectivity index (χ4v) is 2.04. The SMILES string of the molecule is Cc1noc(C)c1-c1nc(-c2ccc(OC(F)(F)F)cc2)no1. The molecule has 9 heteroatoms. The molecule has 0 saturated carbocycles. The van der Waals surface area contributed by atoms with E-state index in [0.717, 1.165) is 0 Å². The van der Waals surface area contributed by atoms with Gasteiger partial charge in [-0.15, -0.1) is 13.2 Å². The largest absolute Gasteiger partial charge is 0.573 e. The summed E-state index contributed by atoms with van der Waals surface area (Å²) in [6, 6.07) is 5.16. The smallest absolute Gasteiger partial charge is 0.406 e. The maximum atomic E-state index is 12.1. The molecule has 3 rings (SSSR count). The van der Waals surface area contributed by atoms with Crippen LogP contribution in [0, 0.1) is 13.8 Å². The highest BCUT2D eigenvalue weighted by molar-refractivity contribution is 5.62. The third kappa shape index (κ3) is 3.17. The molecule has 0 aliphatic heterocycles. The molecule has 3 aromatic rings. The zero-order valence-corrected chi connectivity index (χ0v) is 12.0. The van der Waals surface area contributed by atoms with Gasteiger partial charge < -0.3 is 13.8 Å². The van der Waals surface area contributed by atoms with E-state index in [2.05, 4.69) is 20.0 Å². The Morgan fingerprint density at radius 3 is 2.26 bits per heavy atom. The molecule has 2 heterocycles. The predicted molar refractivity (Wildman–Crippen MR) is 71.4 cm³/mol. The highest BCUT2D eigenvalue weighted by atomic mass is 19.4. The summed E-state index contributed by atoms with van der Waals surface area (Å²) < 4.78 is 50.4. The summed E-state index contributed by atoms with van der Waals surface area (Å²) in [7, 11) is 0. The molecule has 6 nitrogen and oxygen atoms in total. The lowest BCUT2D eigenvalue weighted by molar-refractivity contribution is -0.274. The van der Waals surface area contributed by atoms with Crippen molar-refractivity contribution in [1.82, 2.24) is 15.3 Å². The number of ether oxygens (including phenoxy) is 1. The molecule has 0 radical (unpaired) electrons. The van der Waals surface area contributed by atoms with Gasteiger partial charge in [0.25, 0.3) is 5.89 Å². The molecule has 0 aliphatic rings. The van der Waals surface area contributed by atoms with Crippen molar-refractivity contribution in [3.8, 4) is 28.6 Å². The van der Waals surface area contributed by atoms with Crippen LogP contribution in [0.5, 0.6) is 5.75 Å². The van der Waals surface area contributed by atoms with Crippen LogP contribution in [-0.4, -0.2) is 21.7 Å². The number of benzene rings is 1. The van der Waals surface area contributed by atoms with E-state index < -0.39 is 6.36 Å². The van der Waals surface area contributed by atoms with E-state index in [1.165, 1.54) is 24.3 Å². The van der Waals surface area contributed by atoms with Gasteiger partial charge >= 0.3 is 6.36 Å². The number of nitrogens with zero attached hydrogens (tertiary/aromatic N) is 3. The van der Waals surface area contributed by atoms with E-state index in [1.54, 1.807) is 13.8 Å². The van der Waals surface area contributed by atoms with Crippen molar-refractivity contribution in [3.63, 3.8) is 0 Å². The fourth-order valence-electron chi connectivity index (χ4n) is 2.04. The number of aryl methyl sites for hydroxylation is 2. The molecule has 2 aromatic heterocycles. The standard InChI is InChI=1S/C14H10F3N3O3/c1-7-11(8(2)22-19-7)13-18-12(20-23-13)9-3-5-10(6-4-9)21-14(15,16)17/h3-6H,1-2H3. The van der Waals surface area contributed by atoms with Gasteiger partial charge in [0.1, 0.15) is 17.1 Å². The molecule has 0 aliphatic carbocycles. The third-order valence-electron chi connectivity index (χ3n) is 3.02. The van der Waals surface area contributed by atoms with Crippen molar-refractivity contribution in [3.05, 3.63) is 35.7 Å². The Kier molecular flexibility index (Phi) is 3.55. The Labute approximate surface area is 127 Å². The van der Waals surface area contributed by atoms with Crippen molar-refractivity contribution in [1.29, 1.82) is 0 Å². The number of alkyl halides is 3. The van der Waals surface area contributed by atoms with E-state index in [4.69, 9.17) is 9.05 Å². The quantitative estimate of drug-likeness (QED) is 0.727. The number of hydrogen-bond acceptors (Lipinski definition) is 6. The lowest BCUT2D eigenvalue weighted by Crippen LogP contribution is -2.16. The molecular formula is C14H10F3N3O3. The molecule has 120 valence electrons. The Morgan fingerprint density at radius 1 is 1.00 bits per heavy atom. The maximum Gasteiger partial charge on any atom is 0.573 e. The van der Waals surface area contributed by atoms with Gasteiger partial charge in [-0.1, -0.05) is 10.3 Å². The van der Waals surface area contributed by atoms with Gasteiger partial charge in [0.2, 0.25) is 5.82 Å². The molecule has 0 fully saturated rings. The summed E-state index contributed by atoms with van der Waals surface area (Å²) in [4.78, 5) is 4.21. The van der Waals surface area contributed by atoms with Crippen LogP contribution in [0.15, 0.2) is 33.3 Å².